The molecule has 4 heteroatoms. The average molecular weight is 320 g/mol. The van der Waals surface area contributed by atoms with Crippen LogP contribution in [0.15, 0.2) is 53.1 Å². The van der Waals surface area contributed by atoms with Gasteiger partial charge in [0.05, 0.1) is 12.1 Å². The first kappa shape index (κ1) is 13.7. The molecule has 1 aromatic heterocycles. The maximum absolute atomic E-state index is 11.8. The number of nitrogens with zero attached hydrogens (tertiary/aromatic N) is 1. The van der Waals surface area contributed by atoms with Gasteiger partial charge in [0.25, 0.3) is 0 Å². The molecular weight excluding hydrogens is 306 g/mol. The fraction of sp³-hybridized carbons (Fsp3) is 0.200. The quantitative estimate of drug-likeness (QED) is 0.807. The fourth-order valence-electron chi connectivity index (χ4n) is 1.69. The first-order chi connectivity index (χ1) is 9.15. The van der Waals surface area contributed by atoms with Crippen LogP contribution < -0.4 is 0 Å². The Labute approximate surface area is 120 Å². The van der Waals surface area contributed by atoms with E-state index in [2.05, 4.69) is 20.9 Å². The Morgan fingerprint density at radius 2 is 2.00 bits per heavy atom. The number of halogens is 1. The Morgan fingerprint density at radius 1 is 1.26 bits per heavy atom. The predicted octanol–water partition coefficient (Wildman–Crippen LogP) is 3.69. The SMILES string of the molecule is CC(OC(=O)Cc1ccccn1)c1ccc(Br)cc1. The van der Waals surface area contributed by atoms with Crippen molar-refractivity contribution in [1.82, 2.24) is 4.98 Å². The summed E-state index contributed by atoms with van der Waals surface area (Å²) < 4.78 is 6.39. The molecule has 19 heavy (non-hydrogen) atoms. The number of carbonyl (C=O) groups is 1. The van der Waals surface area contributed by atoms with Gasteiger partial charge in [0.2, 0.25) is 0 Å². The number of hydrogen-bond donors (Lipinski definition) is 0. The first-order valence-corrected chi connectivity index (χ1v) is 6.79. The lowest BCUT2D eigenvalue weighted by atomic mass is 10.1. The van der Waals surface area contributed by atoms with Gasteiger partial charge in [-0.1, -0.05) is 34.1 Å². The van der Waals surface area contributed by atoms with Gasteiger partial charge in [-0.15, -0.1) is 0 Å². The minimum Gasteiger partial charge on any atom is -0.457 e. The molecule has 0 amide bonds. The van der Waals surface area contributed by atoms with E-state index < -0.39 is 0 Å². The van der Waals surface area contributed by atoms with Crippen LogP contribution >= 0.6 is 15.9 Å². The van der Waals surface area contributed by atoms with E-state index in [0.29, 0.717) is 0 Å². The standard InChI is InChI=1S/C15H14BrNO2/c1-11(12-5-7-13(16)8-6-12)19-15(18)10-14-4-2-3-9-17-14/h2-9,11H,10H2,1H3. The summed E-state index contributed by atoms with van der Waals surface area (Å²) in [5, 5.41) is 0. The number of ether oxygens (including phenoxy) is 1. The molecule has 2 rings (SSSR count). The fourth-order valence-corrected chi connectivity index (χ4v) is 1.96. The van der Waals surface area contributed by atoms with Crippen LogP contribution in [0.4, 0.5) is 0 Å². The van der Waals surface area contributed by atoms with Crippen LogP contribution in [0, 0.1) is 0 Å². The Balaban J connectivity index is 1.93. The van der Waals surface area contributed by atoms with E-state index in [1.165, 1.54) is 0 Å². The minimum absolute atomic E-state index is 0.196. The molecule has 0 radical (unpaired) electrons. The van der Waals surface area contributed by atoms with Gasteiger partial charge in [0, 0.05) is 10.7 Å². The topological polar surface area (TPSA) is 39.2 Å². The second kappa shape index (κ2) is 6.48. The molecule has 1 aromatic carbocycles. The smallest absolute Gasteiger partial charge is 0.312 e. The minimum atomic E-state index is -0.269. The van der Waals surface area contributed by atoms with Crippen LogP contribution in [-0.4, -0.2) is 11.0 Å². The van der Waals surface area contributed by atoms with Gasteiger partial charge < -0.3 is 4.74 Å². The average Bonchev–Trinajstić information content (AvgIpc) is 2.40. The van der Waals surface area contributed by atoms with Crippen LogP contribution in [0.3, 0.4) is 0 Å². The molecule has 0 aliphatic heterocycles. The van der Waals surface area contributed by atoms with Crippen molar-refractivity contribution in [1.29, 1.82) is 0 Å². The van der Waals surface area contributed by atoms with Gasteiger partial charge >= 0.3 is 5.97 Å². The van der Waals surface area contributed by atoms with Crippen molar-refractivity contribution in [2.75, 3.05) is 0 Å². The molecule has 0 N–H and O–H groups in total. The van der Waals surface area contributed by atoms with E-state index in [0.717, 1.165) is 15.7 Å². The number of rotatable bonds is 4. The number of benzene rings is 1. The van der Waals surface area contributed by atoms with E-state index in [1.54, 1.807) is 6.20 Å². The molecule has 0 aliphatic rings. The zero-order valence-electron chi connectivity index (χ0n) is 10.5. The van der Waals surface area contributed by atoms with Gasteiger partial charge in [0.1, 0.15) is 6.10 Å². The Hall–Kier alpha value is -1.68. The maximum atomic E-state index is 11.8. The van der Waals surface area contributed by atoms with E-state index >= 15 is 0 Å². The van der Waals surface area contributed by atoms with Crippen molar-refractivity contribution in [2.24, 2.45) is 0 Å². The Bertz CT molecular complexity index is 540. The van der Waals surface area contributed by atoms with Crippen molar-refractivity contribution in [3.05, 3.63) is 64.4 Å². The van der Waals surface area contributed by atoms with Crippen molar-refractivity contribution >= 4 is 21.9 Å². The molecule has 3 nitrogen and oxygen atoms in total. The van der Waals surface area contributed by atoms with Gasteiger partial charge in [0.15, 0.2) is 0 Å². The van der Waals surface area contributed by atoms with Gasteiger partial charge in [-0.25, -0.2) is 0 Å². The van der Waals surface area contributed by atoms with Crippen molar-refractivity contribution in [3.63, 3.8) is 0 Å². The van der Waals surface area contributed by atoms with E-state index in [9.17, 15) is 4.79 Å². The van der Waals surface area contributed by atoms with Crippen LogP contribution in [0.25, 0.3) is 0 Å². The zero-order chi connectivity index (χ0) is 13.7. The second-order valence-corrected chi connectivity index (χ2v) is 5.10. The van der Waals surface area contributed by atoms with Crippen molar-refractivity contribution < 1.29 is 9.53 Å². The van der Waals surface area contributed by atoms with Crippen LogP contribution in [0.1, 0.15) is 24.3 Å². The molecule has 0 fully saturated rings. The number of carbonyl (C=O) groups excluding carboxylic acids is 1. The highest BCUT2D eigenvalue weighted by molar-refractivity contribution is 9.10. The normalized spacial score (nSPS) is 11.9. The monoisotopic (exact) mass is 319 g/mol. The maximum Gasteiger partial charge on any atom is 0.312 e. The number of hydrogen-bond acceptors (Lipinski definition) is 3. The van der Waals surface area contributed by atoms with E-state index in [1.807, 2.05) is 49.4 Å². The molecular formula is C15H14BrNO2. The largest absolute Gasteiger partial charge is 0.457 e. The summed E-state index contributed by atoms with van der Waals surface area (Å²) in [6, 6.07) is 13.2. The van der Waals surface area contributed by atoms with Gasteiger partial charge in [-0.05, 0) is 36.8 Å². The van der Waals surface area contributed by atoms with Crippen LogP contribution in [0.5, 0.6) is 0 Å². The van der Waals surface area contributed by atoms with Crippen LogP contribution in [-0.2, 0) is 16.0 Å². The molecule has 0 bridgehead atoms. The third kappa shape index (κ3) is 4.17. The summed E-state index contributed by atoms with van der Waals surface area (Å²) in [6.07, 6.45) is 1.60. The predicted molar refractivity (Wildman–Crippen MR) is 76.6 cm³/mol. The zero-order valence-corrected chi connectivity index (χ0v) is 12.1. The molecule has 0 spiro atoms. The summed E-state index contributed by atoms with van der Waals surface area (Å²) in [5.74, 6) is -0.269. The van der Waals surface area contributed by atoms with Gasteiger partial charge in [-0.3, -0.25) is 9.78 Å². The molecule has 98 valence electrons. The lowest BCUT2D eigenvalue weighted by Gasteiger charge is -2.13. The molecule has 1 heterocycles. The summed E-state index contributed by atoms with van der Waals surface area (Å²) in [6.45, 7) is 1.86. The highest BCUT2D eigenvalue weighted by Crippen LogP contribution is 2.20. The van der Waals surface area contributed by atoms with Gasteiger partial charge in [-0.2, -0.15) is 0 Å². The Morgan fingerprint density at radius 3 is 2.63 bits per heavy atom. The van der Waals surface area contributed by atoms with Crippen molar-refractivity contribution in [2.45, 2.75) is 19.4 Å². The third-order valence-electron chi connectivity index (χ3n) is 2.70. The van der Waals surface area contributed by atoms with Crippen LogP contribution in [0.2, 0.25) is 0 Å². The number of aromatic nitrogens is 1. The third-order valence-corrected chi connectivity index (χ3v) is 3.23. The lowest BCUT2D eigenvalue weighted by Crippen LogP contribution is -2.12. The summed E-state index contributed by atoms with van der Waals surface area (Å²) in [4.78, 5) is 15.9. The number of esters is 1. The van der Waals surface area contributed by atoms with E-state index in [4.69, 9.17) is 4.74 Å². The second-order valence-electron chi connectivity index (χ2n) is 4.18. The van der Waals surface area contributed by atoms with E-state index in [-0.39, 0.29) is 18.5 Å². The van der Waals surface area contributed by atoms with Crippen molar-refractivity contribution in [3.8, 4) is 0 Å². The molecule has 0 saturated carbocycles. The highest BCUT2D eigenvalue weighted by Gasteiger charge is 2.12. The summed E-state index contributed by atoms with van der Waals surface area (Å²) in [5.41, 5.74) is 1.69. The molecule has 0 saturated heterocycles. The molecule has 1 atom stereocenters. The molecule has 1 unspecified atom stereocenters. The number of pyridine rings is 1. The first-order valence-electron chi connectivity index (χ1n) is 6.00. The Kier molecular flexibility index (Phi) is 4.68. The highest BCUT2D eigenvalue weighted by atomic mass is 79.9. The lowest BCUT2D eigenvalue weighted by molar-refractivity contribution is -0.147. The summed E-state index contributed by atoms with van der Waals surface area (Å²) in [7, 11) is 0. The molecule has 2 aromatic rings. The molecule has 0 aliphatic carbocycles. The summed E-state index contributed by atoms with van der Waals surface area (Å²) >= 11 is 3.37.